The van der Waals surface area contributed by atoms with Gasteiger partial charge in [-0.25, -0.2) is 0 Å². The number of carbonyl (C=O) groups is 3. The molecular weight excluding hydrogens is 360 g/mol. The summed E-state index contributed by atoms with van der Waals surface area (Å²) < 4.78 is 0.543. The van der Waals surface area contributed by atoms with Gasteiger partial charge in [-0.15, -0.1) is 11.3 Å². The van der Waals surface area contributed by atoms with Crippen molar-refractivity contribution in [3.63, 3.8) is 0 Å². The van der Waals surface area contributed by atoms with Crippen LogP contribution in [-0.2, 0) is 16.1 Å². The number of amides is 2. The summed E-state index contributed by atoms with van der Waals surface area (Å²) in [7, 11) is 0. The number of Topliss-reactive ketones (excluding diaryl/α,β-unsaturated/α-hetero) is 1. The Morgan fingerprint density at radius 3 is 2.32 bits per heavy atom. The Labute approximate surface area is 155 Å². The third-order valence-electron chi connectivity index (χ3n) is 3.61. The highest BCUT2D eigenvalue weighted by molar-refractivity contribution is 7.18. The molecule has 0 radical (unpaired) electrons. The van der Waals surface area contributed by atoms with Crippen molar-refractivity contribution < 1.29 is 14.4 Å². The van der Waals surface area contributed by atoms with E-state index in [1.54, 1.807) is 17.0 Å². The van der Waals surface area contributed by atoms with Gasteiger partial charge >= 0.3 is 0 Å². The molecule has 0 fully saturated rings. The second kappa shape index (κ2) is 9.34. The number of hydrogen-bond donors (Lipinski definition) is 1. The maximum absolute atomic E-state index is 12.5. The number of rotatable bonds is 9. The van der Waals surface area contributed by atoms with Gasteiger partial charge in [-0.1, -0.05) is 41.9 Å². The summed E-state index contributed by atoms with van der Waals surface area (Å²) in [6.45, 7) is 0.619. The number of primary amides is 1. The number of carbonyl (C=O) groups excluding carboxylic acids is 3. The number of nitrogens with two attached hydrogens (primary N) is 1. The molecule has 2 amide bonds. The summed E-state index contributed by atoms with van der Waals surface area (Å²) in [4.78, 5) is 37.8. The van der Waals surface area contributed by atoms with Gasteiger partial charge < -0.3 is 10.6 Å². The van der Waals surface area contributed by atoms with Crippen molar-refractivity contribution in [2.75, 3.05) is 6.54 Å². The van der Waals surface area contributed by atoms with E-state index in [1.807, 2.05) is 30.3 Å². The van der Waals surface area contributed by atoms with E-state index in [4.69, 9.17) is 17.3 Å². The summed E-state index contributed by atoms with van der Waals surface area (Å²) in [5.41, 5.74) is 6.15. The second-order valence-electron chi connectivity index (χ2n) is 5.54. The van der Waals surface area contributed by atoms with Gasteiger partial charge in [-0.2, -0.15) is 0 Å². The van der Waals surface area contributed by atoms with Crippen molar-refractivity contribution >= 4 is 40.5 Å². The highest BCUT2D eigenvalue weighted by Gasteiger charge is 2.17. The Hall–Kier alpha value is -2.18. The minimum Gasteiger partial charge on any atom is -0.370 e. The maximum Gasteiger partial charge on any atom is 0.223 e. The minimum atomic E-state index is -0.463. The molecule has 1 aromatic heterocycles. The lowest BCUT2D eigenvalue weighted by molar-refractivity contribution is -0.132. The smallest absolute Gasteiger partial charge is 0.223 e. The molecule has 1 aromatic carbocycles. The molecule has 2 N–H and O–H groups in total. The van der Waals surface area contributed by atoms with Gasteiger partial charge in [0.25, 0.3) is 0 Å². The fraction of sp³-hybridized carbons (Fsp3) is 0.278. The van der Waals surface area contributed by atoms with Crippen molar-refractivity contribution in [2.45, 2.75) is 25.8 Å². The zero-order valence-corrected chi connectivity index (χ0v) is 15.2. The molecule has 0 unspecified atom stereocenters. The summed E-state index contributed by atoms with van der Waals surface area (Å²) in [6, 6.07) is 12.8. The molecule has 2 rings (SSSR count). The maximum atomic E-state index is 12.5. The largest absolute Gasteiger partial charge is 0.370 e. The zero-order chi connectivity index (χ0) is 18.2. The molecule has 2 aromatic rings. The van der Waals surface area contributed by atoms with Gasteiger partial charge in [-0.3, -0.25) is 14.4 Å². The summed E-state index contributed by atoms with van der Waals surface area (Å²) in [5.74, 6) is -0.754. The second-order valence-corrected chi connectivity index (χ2v) is 7.26. The van der Waals surface area contributed by atoms with E-state index in [9.17, 15) is 14.4 Å². The third kappa shape index (κ3) is 6.32. The highest BCUT2D eigenvalue weighted by Crippen LogP contribution is 2.23. The first-order valence-electron chi connectivity index (χ1n) is 7.84. The molecule has 1 heterocycles. The lowest BCUT2D eigenvalue weighted by atomic mass is 10.1. The molecule has 0 saturated carbocycles. The van der Waals surface area contributed by atoms with E-state index in [1.165, 1.54) is 11.3 Å². The molecule has 0 aliphatic rings. The topological polar surface area (TPSA) is 80.5 Å². The van der Waals surface area contributed by atoms with Crippen LogP contribution in [0.5, 0.6) is 0 Å². The number of thiophene rings is 1. The zero-order valence-electron chi connectivity index (χ0n) is 13.6. The Kier molecular flexibility index (Phi) is 7.16. The fourth-order valence-corrected chi connectivity index (χ4v) is 3.32. The van der Waals surface area contributed by atoms with Crippen molar-refractivity contribution in [3.8, 4) is 0 Å². The van der Waals surface area contributed by atoms with E-state index in [2.05, 4.69) is 0 Å². The van der Waals surface area contributed by atoms with Gasteiger partial charge in [0.1, 0.15) is 0 Å². The molecule has 0 aliphatic heterocycles. The van der Waals surface area contributed by atoms with Crippen LogP contribution in [0.4, 0.5) is 0 Å². The molecule has 5 nitrogen and oxygen atoms in total. The van der Waals surface area contributed by atoms with Crippen LogP contribution in [0, 0.1) is 0 Å². The number of nitrogens with zero attached hydrogens (tertiary/aromatic N) is 1. The van der Waals surface area contributed by atoms with Crippen LogP contribution < -0.4 is 5.73 Å². The van der Waals surface area contributed by atoms with Crippen molar-refractivity contribution in [2.24, 2.45) is 5.73 Å². The van der Waals surface area contributed by atoms with Gasteiger partial charge in [0, 0.05) is 32.4 Å². The SMILES string of the molecule is NC(=O)CCN(Cc1ccccc1)C(=O)CCC(=O)c1ccc(Cl)s1. The normalized spacial score (nSPS) is 10.4. The lowest BCUT2D eigenvalue weighted by Gasteiger charge is -2.22. The van der Waals surface area contributed by atoms with Gasteiger partial charge in [-0.05, 0) is 17.7 Å². The molecule has 132 valence electrons. The van der Waals surface area contributed by atoms with Crippen LogP contribution in [0.3, 0.4) is 0 Å². The van der Waals surface area contributed by atoms with Crippen molar-refractivity contribution in [1.29, 1.82) is 0 Å². The number of halogens is 1. The average Bonchev–Trinajstić information content (AvgIpc) is 3.03. The predicted octanol–water partition coefficient (Wildman–Crippen LogP) is 3.27. The Morgan fingerprint density at radius 2 is 1.72 bits per heavy atom. The van der Waals surface area contributed by atoms with E-state index in [0.717, 1.165) is 5.56 Å². The first-order valence-corrected chi connectivity index (χ1v) is 9.03. The lowest BCUT2D eigenvalue weighted by Crippen LogP contribution is -2.33. The molecular formula is C18H19ClN2O3S. The van der Waals surface area contributed by atoms with E-state index in [-0.39, 0.29) is 37.5 Å². The first kappa shape index (κ1) is 19.1. The molecule has 0 atom stereocenters. The molecule has 0 spiro atoms. The van der Waals surface area contributed by atoms with Crippen molar-refractivity contribution in [3.05, 3.63) is 57.2 Å². The fourth-order valence-electron chi connectivity index (χ4n) is 2.31. The van der Waals surface area contributed by atoms with Crippen LogP contribution in [-0.4, -0.2) is 29.0 Å². The summed E-state index contributed by atoms with van der Waals surface area (Å²) in [6.07, 6.45) is 0.282. The van der Waals surface area contributed by atoms with E-state index >= 15 is 0 Å². The van der Waals surface area contributed by atoms with E-state index in [0.29, 0.717) is 15.8 Å². The highest BCUT2D eigenvalue weighted by atomic mass is 35.5. The van der Waals surface area contributed by atoms with Gasteiger partial charge in [0.2, 0.25) is 11.8 Å². The standard InChI is InChI=1S/C18H19ClN2O3S/c19-16-8-7-15(25-16)14(22)6-9-18(24)21(11-10-17(20)23)12-13-4-2-1-3-5-13/h1-5,7-8H,6,9-12H2,(H2,20,23). The van der Waals surface area contributed by atoms with Gasteiger partial charge in [0.05, 0.1) is 9.21 Å². The van der Waals surface area contributed by atoms with Crippen LogP contribution in [0.25, 0.3) is 0 Å². The van der Waals surface area contributed by atoms with Crippen LogP contribution >= 0.6 is 22.9 Å². The van der Waals surface area contributed by atoms with Crippen LogP contribution in [0.1, 0.15) is 34.5 Å². The summed E-state index contributed by atoms with van der Waals surface area (Å²) >= 11 is 7.03. The van der Waals surface area contributed by atoms with Crippen LogP contribution in [0.15, 0.2) is 42.5 Å². The van der Waals surface area contributed by atoms with Crippen molar-refractivity contribution in [1.82, 2.24) is 4.90 Å². The average molecular weight is 379 g/mol. The number of ketones is 1. The monoisotopic (exact) mass is 378 g/mol. The Bertz CT molecular complexity index is 746. The quantitative estimate of drug-likeness (QED) is 0.680. The van der Waals surface area contributed by atoms with E-state index < -0.39 is 5.91 Å². The molecule has 7 heteroatoms. The van der Waals surface area contributed by atoms with Crippen LogP contribution in [0.2, 0.25) is 4.34 Å². The van der Waals surface area contributed by atoms with Gasteiger partial charge in [0.15, 0.2) is 5.78 Å². The molecule has 0 saturated heterocycles. The Balaban J connectivity index is 1.96. The Morgan fingerprint density at radius 1 is 1.00 bits per heavy atom. The first-order chi connectivity index (χ1) is 12.0. The summed E-state index contributed by atoms with van der Waals surface area (Å²) in [5, 5.41) is 0. The minimum absolute atomic E-state index is 0.0833. The number of hydrogen-bond acceptors (Lipinski definition) is 4. The molecule has 0 aliphatic carbocycles. The predicted molar refractivity (Wildman–Crippen MR) is 98.6 cm³/mol. The third-order valence-corrected chi connectivity index (χ3v) is 4.88. The molecule has 25 heavy (non-hydrogen) atoms. The molecule has 0 bridgehead atoms. The number of benzene rings is 1.